The van der Waals surface area contributed by atoms with E-state index in [1.165, 1.54) is 5.56 Å². The molecule has 1 amide bonds. The number of nitrogens with zero attached hydrogens (tertiary/aromatic N) is 2. The van der Waals surface area contributed by atoms with Crippen LogP contribution < -0.4 is 10.6 Å². The van der Waals surface area contributed by atoms with Crippen LogP contribution in [-0.4, -0.2) is 15.9 Å². The number of aryl methyl sites for hydroxylation is 4. The second-order valence-corrected chi connectivity index (χ2v) is 6.80. The molecule has 0 atom stereocenters. The van der Waals surface area contributed by atoms with E-state index in [2.05, 4.69) is 45.7 Å². The maximum Gasteiger partial charge on any atom is 0.274 e. The molecule has 0 aliphatic heterocycles. The summed E-state index contributed by atoms with van der Waals surface area (Å²) in [6, 6.07) is 15.9. The molecule has 0 radical (unpaired) electrons. The maximum atomic E-state index is 12.6. The van der Waals surface area contributed by atoms with Crippen LogP contribution in [0.2, 0.25) is 0 Å². The lowest BCUT2D eigenvalue weighted by Crippen LogP contribution is -2.16. The van der Waals surface area contributed by atoms with Gasteiger partial charge < -0.3 is 10.6 Å². The molecule has 5 nitrogen and oxygen atoms in total. The Labute approximate surface area is 159 Å². The number of hydrogen-bond donors (Lipinski definition) is 2. The summed E-state index contributed by atoms with van der Waals surface area (Å²) >= 11 is 0. The van der Waals surface area contributed by atoms with E-state index in [1.54, 1.807) is 13.0 Å². The Morgan fingerprint density at radius 3 is 2.44 bits per heavy atom. The third-order valence-corrected chi connectivity index (χ3v) is 4.26. The third-order valence-electron chi connectivity index (χ3n) is 4.26. The van der Waals surface area contributed by atoms with E-state index in [4.69, 9.17) is 0 Å². The van der Waals surface area contributed by atoms with E-state index in [1.807, 2.05) is 38.1 Å². The molecule has 0 aliphatic carbocycles. The van der Waals surface area contributed by atoms with Crippen molar-refractivity contribution in [3.8, 4) is 0 Å². The lowest BCUT2D eigenvalue weighted by atomic mass is 10.1. The van der Waals surface area contributed by atoms with Crippen LogP contribution >= 0.6 is 0 Å². The first-order valence-electron chi connectivity index (χ1n) is 8.94. The molecule has 0 spiro atoms. The third kappa shape index (κ3) is 4.91. The summed E-state index contributed by atoms with van der Waals surface area (Å²) in [4.78, 5) is 21.3. The van der Waals surface area contributed by atoms with Crippen LogP contribution in [-0.2, 0) is 6.54 Å². The van der Waals surface area contributed by atoms with Crippen molar-refractivity contribution in [2.24, 2.45) is 0 Å². The van der Waals surface area contributed by atoms with E-state index in [0.717, 1.165) is 22.4 Å². The van der Waals surface area contributed by atoms with Crippen LogP contribution in [0.4, 0.5) is 11.5 Å². The fourth-order valence-electron chi connectivity index (χ4n) is 2.93. The average Bonchev–Trinajstić information content (AvgIpc) is 2.62. The van der Waals surface area contributed by atoms with Gasteiger partial charge in [0.05, 0.1) is 0 Å². The van der Waals surface area contributed by atoms with Gasteiger partial charge in [-0.25, -0.2) is 9.97 Å². The molecule has 3 rings (SSSR count). The molecule has 1 aromatic heterocycles. The van der Waals surface area contributed by atoms with Crippen LogP contribution in [0.3, 0.4) is 0 Å². The highest BCUT2D eigenvalue weighted by molar-refractivity contribution is 6.03. The smallest absolute Gasteiger partial charge is 0.274 e. The topological polar surface area (TPSA) is 66.9 Å². The van der Waals surface area contributed by atoms with Gasteiger partial charge in [-0.1, -0.05) is 47.5 Å². The van der Waals surface area contributed by atoms with Crippen molar-refractivity contribution < 1.29 is 4.79 Å². The molecule has 0 fully saturated rings. The van der Waals surface area contributed by atoms with Crippen LogP contribution in [0.5, 0.6) is 0 Å². The van der Waals surface area contributed by atoms with Gasteiger partial charge in [0.1, 0.15) is 17.3 Å². The lowest BCUT2D eigenvalue weighted by molar-refractivity contribution is 0.102. The predicted octanol–water partition coefficient (Wildman–Crippen LogP) is 4.57. The Morgan fingerprint density at radius 1 is 0.926 bits per heavy atom. The normalized spacial score (nSPS) is 10.5. The first kappa shape index (κ1) is 18.6. The molecule has 0 bridgehead atoms. The molecule has 138 valence electrons. The van der Waals surface area contributed by atoms with Gasteiger partial charge >= 0.3 is 0 Å². The largest absolute Gasteiger partial charge is 0.366 e. The fourth-order valence-corrected chi connectivity index (χ4v) is 2.93. The monoisotopic (exact) mass is 360 g/mol. The van der Waals surface area contributed by atoms with Gasteiger partial charge in [0, 0.05) is 18.3 Å². The van der Waals surface area contributed by atoms with Crippen molar-refractivity contribution in [3.63, 3.8) is 0 Å². The second-order valence-electron chi connectivity index (χ2n) is 6.80. The van der Waals surface area contributed by atoms with E-state index in [-0.39, 0.29) is 5.91 Å². The molecule has 0 saturated carbocycles. The number of carbonyl (C=O) groups excluding carboxylic acids is 1. The minimum Gasteiger partial charge on any atom is -0.366 e. The molecular formula is C22H24N4O. The van der Waals surface area contributed by atoms with Crippen molar-refractivity contribution in [3.05, 3.63) is 82.3 Å². The number of aromatic nitrogens is 2. The summed E-state index contributed by atoms with van der Waals surface area (Å²) in [5.41, 5.74) is 5.68. The Hall–Kier alpha value is -3.21. The highest BCUT2D eigenvalue weighted by Gasteiger charge is 2.12. The zero-order valence-electron chi connectivity index (χ0n) is 16.1. The Morgan fingerprint density at radius 2 is 1.70 bits per heavy atom. The number of hydrogen-bond acceptors (Lipinski definition) is 4. The van der Waals surface area contributed by atoms with Gasteiger partial charge in [-0.15, -0.1) is 0 Å². The maximum absolute atomic E-state index is 12.6. The van der Waals surface area contributed by atoms with E-state index in [9.17, 15) is 4.79 Å². The Balaban J connectivity index is 1.75. The van der Waals surface area contributed by atoms with Gasteiger partial charge in [0.25, 0.3) is 5.91 Å². The van der Waals surface area contributed by atoms with Gasteiger partial charge in [-0.3, -0.25) is 4.79 Å². The fraction of sp³-hybridized carbons (Fsp3) is 0.227. The van der Waals surface area contributed by atoms with Crippen molar-refractivity contribution >= 4 is 17.4 Å². The Bertz CT molecular complexity index is 982. The molecule has 5 heteroatoms. The first-order chi connectivity index (χ1) is 12.9. The second kappa shape index (κ2) is 7.99. The molecule has 1 heterocycles. The molecule has 2 aromatic carbocycles. The molecule has 2 N–H and O–H groups in total. The molecular weight excluding hydrogens is 336 g/mol. The van der Waals surface area contributed by atoms with Gasteiger partial charge in [-0.05, 0) is 44.9 Å². The summed E-state index contributed by atoms with van der Waals surface area (Å²) in [5, 5.41) is 6.21. The molecule has 0 unspecified atom stereocenters. The molecule has 0 aliphatic rings. The lowest BCUT2D eigenvalue weighted by Gasteiger charge is -2.11. The predicted molar refractivity (Wildman–Crippen MR) is 109 cm³/mol. The summed E-state index contributed by atoms with van der Waals surface area (Å²) in [6.07, 6.45) is 0. The molecule has 27 heavy (non-hydrogen) atoms. The minimum atomic E-state index is -0.244. The number of anilines is 2. The van der Waals surface area contributed by atoms with Crippen molar-refractivity contribution in [2.45, 2.75) is 34.2 Å². The number of amides is 1. The van der Waals surface area contributed by atoms with Crippen LogP contribution in [0.15, 0.2) is 48.5 Å². The van der Waals surface area contributed by atoms with Crippen molar-refractivity contribution in [2.75, 3.05) is 10.6 Å². The van der Waals surface area contributed by atoms with Crippen LogP contribution in [0, 0.1) is 27.7 Å². The van der Waals surface area contributed by atoms with Gasteiger partial charge in [-0.2, -0.15) is 0 Å². The SMILES string of the molecule is Cc1cccc(CNc2cc(C(=O)Nc3ccc(C)cc3C)nc(C)n2)c1. The highest BCUT2D eigenvalue weighted by Crippen LogP contribution is 2.17. The summed E-state index contributed by atoms with van der Waals surface area (Å²) < 4.78 is 0. The van der Waals surface area contributed by atoms with Crippen molar-refractivity contribution in [1.82, 2.24) is 9.97 Å². The number of rotatable bonds is 5. The number of benzene rings is 2. The van der Waals surface area contributed by atoms with E-state index < -0.39 is 0 Å². The highest BCUT2D eigenvalue weighted by atomic mass is 16.1. The van der Waals surface area contributed by atoms with Gasteiger partial charge in [0.2, 0.25) is 0 Å². The molecule has 0 saturated heterocycles. The summed E-state index contributed by atoms with van der Waals surface area (Å²) in [5.74, 6) is 0.941. The molecule has 3 aromatic rings. The summed E-state index contributed by atoms with van der Waals surface area (Å²) in [6.45, 7) is 8.48. The standard InChI is InChI=1S/C22H24N4O/c1-14-6-5-7-18(11-14)13-23-21-12-20(24-17(4)25-21)22(27)26-19-9-8-15(2)10-16(19)3/h5-12H,13H2,1-4H3,(H,26,27)(H,23,24,25). The van der Waals surface area contributed by atoms with E-state index in [0.29, 0.717) is 23.9 Å². The number of carbonyl (C=O) groups is 1. The van der Waals surface area contributed by atoms with E-state index >= 15 is 0 Å². The number of nitrogens with one attached hydrogen (secondary N) is 2. The quantitative estimate of drug-likeness (QED) is 0.699. The Kier molecular flexibility index (Phi) is 5.50. The average molecular weight is 360 g/mol. The van der Waals surface area contributed by atoms with Gasteiger partial charge in [0.15, 0.2) is 0 Å². The first-order valence-corrected chi connectivity index (χ1v) is 8.94. The minimum absolute atomic E-state index is 0.244. The summed E-state index contributed by atoms with van der Waals surface area (Å²) in [7, 11) is 0. The van der Waals surface area contributed by atoms with Crippen LogP contribution in [0.1, 0.15) is 38.6 Å². The zero-order valence-corrected chi connectivity index (χ0v) is 16.1. The van der Waals surface area contributed by atoms with Crippen molar-refractivity contribution in [1.29, 1.82) is 0 Å². The zero-order chi connectivity index (χ0) is 19.4. The van der Waals surface area contributed by atoms with Crippen LogP contribution in [0.25, 0.3) is 0 Å².